The van der Waals surface area contributed by atoms with Gasteiger partial charge in [0.2, 0.25) is 0 Å². The van der Waals surface area contributed by atoms with Crippen LogP contribution in [0, 0.1) is 0 Å². The predicted octanol–water partition coefficient (Wildman–Crippen LogP) is 2.90. The summed E-state index contributed by atoms with van der Waals surface area (Å²) in [5.41, 5.74) is -0.459. The minimum absolute atomic E-state index is 0.124. The zero-order valence-electron chi connectivity index (χ0n) is 12.3. The molecule has 5 heteroatoms. The van der Waals surface area contributed by atoms with Gasteiger partial charge in [-0.2, -0.15) is 0 Å². The molecule has 0 fully saturated rings. The Morgan fingerprint density at radius 3 is 2.25 bits per heavy atom. The van der Waals surface area contributed by atoms with E-state index in [1.807, 2.05) is 30.3 Å². The lowest BCUT2D eigenvalue weighted by Crippen LogP contribution is -2.56. The Hall–Kier alpha value is -2.04. The third-order valence-electron chi connectivity index (χ3n) is 3.04. The number of rotatable bonds is 5. The molecule has 0 spiro atoms. The van der Waals surface area contributed by atoms with Gasteiger partial charge in [0, 0.05) is 6.04 Å². The van der Waals surface area contributed by atoms with E-state index in [4.69, 9.17) is 4.74 Å². The summed E-state index contributed by atoms with van der Waals surface area (Å²) in [6.07, 6.45) is -0.628. The molecule has 0 heterocycles. The summed E-state index contributed by atoms with van der Waals surface area (Å²) in [6.45, 7) is 6.61. The second kappa shape index (κ2) is 6.41. The second-order valence-corrected chi connectivity index (χ2v) is 5.37. The highest BCUT2D eigenvalue weighted by Gasteiger charge is 2.40. The predicted molar refractivity (Wildman–Crippen MR) is 75.3 cm³/mol. The highest BCUT2D eigenvalue weighted by molar-refractivity contribution is 5.83. The van der Waals surface area contributed by atoms with Gasteiger partial charge in [0.15, 0.2) is 0 Å². The first-order valence-corrected chi connectivity index (χ1v) is 6.50. The molecular weight excluding hydrogens is 258 g/mol. The summed E-state index contributed by atoms with van der Waals surface area (Å²) >= 11 is 0. The van der Waals surface area contributed by atoms with Crippen molar-refractivity contribution in [2.75, 3.05) is 0 Å². The third-order valence-corrected chi connectivity index (χ3v) is 3.04. The fourth-order valence-electron chi connectivity index (χ4n) is 1.98. The van der Waals surface area contributed by atoms with Crippen molar-refractivity contribution in [1.82, 2.24) is 4.90 Å². The number of aliphatic carboxylic acids is 1. The van der Waals surface area contributed by atoms with Crippen molar-refractivity contribution in [3.63, 3.8) is 0 Å². The maximum Gasteiger partial charge on any atom is 0.411 e. The van der Waals surface area contributed by atoms with Crippen LogP contribution in [0.15, 0.2) is 30.3 Å². The highest BCUT2D eigenvalue weighted by atomic mass is 16.6. The van der Waals surface area contributed by atoms with Crippen molar-refractivity contribution >= 4 is 12.1 Å². The van der Waals surface area contributed by atoms with E-state index in [9.17, 15) is 14.7 Å². The molecule has 1 amide bonds. The summed E-state index contributed by atoms with van der Waals surface area (Å²) in [7, 11) is 0. The van der Waals surface area contributed by atoms with Crippen LogP contribution in [0.4, 0.5) is 4.79 Å². The van der Waals surface area contributed by atoms with Gasteiger partial charge in [0.05, 0.1) is 0 Å². The number of hydrogen-bond donors (Lipinski definition) is 1. The maximum atomic E-state index is 12.1. The van der Waals surface area contributed by atoms with Crippen molar-refractivity contribution in [3.8, 4) is 0 Å². The third kappa shape index (κ3) is 3.73. The Labute approximate surface area is 119 Å². The Morgan fingerprint density at radius 2 is 1.80 bits per heavy atom. The van der Waals surface area contributed by atoms with E-state index < -0.39 is 17.6 Å². The lowest BCUT2D eigenvalue weighted by molar-refractivity contribution is -0.149. The van der Waals surface area contributed by atoms with E-state index in [0.717, 1.165) is 5.56 Å². The topological polar surface area (TPSA) is 66.8 Å². The van der Waals surface area contributed by atoms with E-state index in [2.05, 4.69) is 0 Å². The monoisotopic (exact) mass is 279 g/mol. The van der Waals surface area contributed by atoms with Gasteiger partial charge in [0.25, 0.3) is 0 Å². The van der Waals surface area contributed by atoms with E-state index in [0.29, 0.717) is 0 Å². The van der Waals surface area contributed by atoms with Crippen molar-refractivity contribution in [2.45, 2.75) is 45.9 Å². The van der Waals surface area contributed by atoms with Crippen LogP contribution in [0.2, 0.25) is 0 Å². The Balaban J connectivity index is 2.78. The van der Waals surface area contributed by atoms with Crippen molar-refractivity contribution in [1.29, 1.82) is 0 Å². The Bertz CT molecular complexity index is 468. The molecule has 0 unspecified atom stereocenters. The molecule has 0 saturated carbocycles. The molecule has 0 atom stereocenters. The molecule has 0 radical (unpaired) electrons. The van der Waals surface area contributed by atoms with E-state index >= 15 is 0 Å². The largest absolute Gasteiger partial charge is 0.480 e. The van der Waals surface area contributed by atoms with Crippen LogP contribution in [0.5, 0.6) is 0 Å². The zero-order valence-corrected chi connectivity index (χ0v) is 12.3. The molecular formula is C15H21NO4. The first kappa shape index (κ1) is 16.0. The second-order valence-electron chi connectivity index (χ2n) is 5.37. The molecule has 0 saturated heterocycles. The van der Waals surface area contributed by atoms with Crippen molar-refractivity contribution < 1.29 is 19.4 Å². The number of ether oxygens (including phenoxy) is 1. The molecule has 5 nitrogen and oxygen atoms in total. The number of benzene rings is 1. The normalized spacial score (nSPS) is 11.2. The van der Waals surface area contributed by atoms with Crippen molar-refractivity contribution in [3.05, 3.63) is 35.9 Å². The number of carbonyl (C=O) groups is 2. The van der Waals surface area contributed by atoms with Gasteiger partial charge in [-0.15, -0.1) is 0 Å². The fraction of sp³-hybridized carbons (Fsp3) is 0.467. The average molecular weight is 279 g/mol. The zero-order chi connectivity index (χ0) is 15.3. The first-order valence-electron chi connectivity index (χ1n) is 6.50. The minimum atomic E-state index is -1.32. The highest BCUT2D eigenvalue weighted by Crippen LogP contribution is 2.20. The van der Waals surface area contributed by atoms with Gasteiger partial charge in [-0.1, -0.05) is 30.3 Å². The van der Waals surface area contributed by atoms with Gasteiger partial charge in [-0.3, -0.25) is 4.90 Å². The summed E-state index contributed by atoms with van der Waals surface area (Å²) in [5.74, 6) is -1.07. The quantitative estimate of drug-likeness (QED) is 0.900. The molecule has 110 valence electrons. The molecule has 1 aromatic rings. The lowest BCUT2D eigenvalue weighted by atomic mass is 10.0. The van der Waals surface area contributed by atoms with Gasteiger partial charge < -0.3 is 9.84 Å². The summed E-state index contributed by atoms with van der Waals surface area (Å²) < 4.78 is 5.21. The SMILES string of the molecule is CC(C)N(C(=O)OCc1ccccc1)C(C)(C)C(=O)O. The number of carboxylic acids is 1. The Kier molecular flexibility index (Phi) is 5.13. The summed E-state index contributed by atoms with van der Waals surface area (Å²) in [4.78, 5) is 24.7. The first-order chi connectivity index (χ1) is 9.26. The van der Waals surface area contributed by atoms with Crippen LogP contribution in [-0.2, 0) is 16.1 Å². The molecule has 20 heavy (non-hydrogen) atoms. The number of carbonyl (C=O) groups excluding carboxylic acids is 1. The summed E-state index contributed by atoms with van der Waals surface area (Å²) in [5, 5.41) is 9.25. The van der Waals surface area contributed by atoms with Gasteiger partial charge >= 0.3 is 12.1 Å². The number of carboxylic acid groups (broad SMARTS) is 1. The molecule has 1 N–H and O–H groups in total. The van der Waals surface area contributed by atoms with Crippen LogP contribution in [0.1, 0.15) is 33.3 Å². The standard InChI is InChI=1S/C15H21NO4/c1-11(2)16(15(3,4)13(17)18)14(19)20-10-12-8-6-5-7-9-12/h5-9,11H,10H2,1-4H3,(H,17,18). The van der Waals surface area contributed by atoms with E-state index in [1.54, 1.807) is 13.8 Å². The summed E-state index contributed by atoms with van der Waals surface area (Å²) in [6, 6.07) is 8.99. The van der Waals surface area contributed by atoms with Gasteiger partial charge in [-0.25, -0.2) is 9.59 Å². The number of nitrogens with zero attached hydrogens (tertiary/aromatic N) is 1. The Morgan fingerprint density at radius 1 is 1.25 bits per heavy atom. The maximum absolute atomic E-state index is 12.1. The van der Waals surface area contributed by atoms with Gasteiger partial charge in [0.1, 0.15) is 12.1 Å². The fourth-order valence-corrected chi connectivity index (χ4v) is 1.98. The molecule has 0 aliphatic carbocycles. The van der Waals surface area contributed by atoms with Gasteiger partial charge in [-0.05, 0) is 33.3 Å². The molecule has 1 aromatic carbocycles. The van der Waals surface area contributed by atoms with Crippen molar-refractivity contribution in [2.24, 2.45) is 0 Å². The van der Waals surface area contributed by atoms with E-state index in [-0.39, 0.29) is 12.6 Å². The molecule has 0 aromatic heterocycles. The molecule has 0 aliphatic rings. The molecule has 1 rings (SSSR count). The number of hydrogen-bond acceptors (Lipinski definition) is 3. The van der Waals surface area contributed by atoms with Crippen LogP contribution < -0.4 is 0 Å². The lowest BCUT2D eigenvalue weighted by Gasteiger charge is -2.37. The van der Waals surface area contributed by atoms with Crippen LogP contribution in [0.25, 0.3) is 0 Å². The van der Waals surface area contributed by atoms with E-state index in [1.165, 1.54) is 18.7 Å². The number of amides is 1. The average Bonchev–Trinajstić information content (AvgIpc) is 2.36. The smallest absolute Gasteiger partial charge is 0.411 e. The molecule has 0 aliphatic heterocycles. The van der Waals surface area contributed by atoms with Crippen LogP contribution >= 0.6 is 0 Å². The van der Waals surface area contributed by atoms with Crippen LogP contribution in [-0.4, -0.2) is 33.6 Å². The molecule has 0 bridgehead atoms. The minimum Gasteiger partial charge on any atom is -0.480 e. The van der Waals surface area contributed by atoms with Crippen LogP contribution in [0.3, 0.4) is 0 Å².